The summed E-state index contributed by atoms with van der Waals surface area (Å²) in [5.41, 5.74) is 14.8. The number of rotatable bonds is 6. The van der Waals surface area contributed by atoms with Gasteiger partial charge in [0.15, 0.2) is 0 Å². The van der Waals surface area contributed by atoms with Crippen LogP contribution in [0.4, 0.5) is 0 Å². The standard InChI is InChI=1S/C43H32O4/c1-3-46-41(44)29-17-13-27(14-18-29)31-21-23-35-33-9-5-7-11-37(33)43(39(35)25-31)38-12-8-6-10-34(38)36-24-22-32(26-40(36)43)28-15-19-30(20-16-28)42(45)47-4-2/h5-26H,3-4H2,1-2H3. The summed E-state index contributed by atoms with van der Waals surface area (Å²) in [6.07, 6.45) is 0. The van der Waals surface area contributed by atoms with Gasteiger partial charge in [0.25, 0.3) is 0 Å². The molecule has 0 bridgehead atoms. The van der Waals surface area contributed by atoms with Crippen molar-refractivity contribution in [3.05, 3.63) is 167 Å². The zero-order valence-corrected chi connectivity index (χ0v) is 26.2. The van der Waals surface area contributed by atoms with Crippen molar-refractivity contribution in [3.8, 4) is 44.5 Å². The molecule has 228 valence electrons. The first-order chi connectivity index (χ1) is 23.0. The van der Waals surface area contributed by atoms with Crippen LogP contribution < -0.4 is 0 Å². The van der Waals surface area contributed by atoms with Crippen molar-refractivity contribution in [3.63, 3.8) is 0 Å². The van der Waals surface area contributed by atoms with Crippen LogP contribution in [0.1, 0.15) is 56.8 Å². The lowest BCUT2D eigenvalue weighted by atomic mass is 9.70. The Morgan fingerprint density at radius 3 is 1.21 bits per heavy atom. The fourth-order valence-corrected chi connectivity index (χ4v) is 7.52. The molecule has 0 atom stereocenters. The predicted octanol–water partition coefficient (Wildman–Crippen LogP) is 9.72. The molecule has 2 aliphatic rings. The van der Waals surface area contributed by atoms with Crippen LogP contribution in [0, 0.1) is 0 Å². The van der Waals surface area contributed by atoms with Crippen molar-refractivity contribution >= 4 is 11.9 Å². The average Bonchev–Trinajstić information content (AvgIpc) is 3.58. The average molecular weight is 613 g/mol. The minimum Gasteiger partial charge on any atom is -0.462 e. The third kappa shape index (κ3) is 4.36. The number of carbonyl (C=O) groups excluding carboxylic acids is 2. The molecule has 0 heterocycles. The topological polar surface area (TPSA) is 52.6 Å². The molecule has 4 heteroatoms. The van der Waals surface area contributed by atoms with Crippen LogP contribution in [-0.2, 0) is 14.9 Å². The number of benzene rings is 6. The molecule has 47 heavy (non-hydrogen) atoms. The molecular weight excluding hydrogens is 580 g/mol. The molecule has 0 aromatic heterocycles. The van der Waals surface area contributed by atoms with E-state index in [2.05, 4.69) is 84.9 Å². The zero-order valence-electron chi connectivity index (χ0n) is 26.2. The largest absolute Gasteiger partial charge is 0.462 e. The number of esters is 2. The fourth-order valence-electron chi connectivity index (χ4n) is 7.52. The van der Waals surface area contributed by atoms with E-state index in [1.807, 2.05) is 62.4 Å². The number of fused-ring (bicyclic) bond motifs is 10. The Morgan fingerprint density at radius 1 is 0.447 bits per heavy atom. The molecule has 0 unspecified atom stereocenters. The molecule has 1 spiro atoms. The Labute approximate surface area is 274 Å². The molecular formula is C43H32O4. The molecule has 0 amide bonds. The number of hydrogen-bond acceptors (Lipinski definition) is 4. The minimum atomic E-state index is -0.514. The van der Waals surface area contributed by atoms with Crippen LogP contribution >= 0.6 is 0 Å². The van der Waals surface area contributed by atoms with Gasteiger partial charge < -0.3 is 9.47 Å². The highest BCUT2D eigenvalue weighted by atomic mass is 16.5. The Balaban J connectivity index is 1.32. The van der Waals surface area contributed by atoms with E-state index >= 15 is 0 Å². The Morgan fingerprint density at radius 2 is 0.809 bits per heavy atom. The van der Waals surface area contributed by atoms with E-state index in [1.165, 1.54) is 44.5 Å². The van der Waals surface area contributed by atoms with Crippen molar-refractivity contribution in [1.29, 1.82) is 0 Å². The van der Waals surface area contributed by atoms with Crippen LogP contribution in [0.2, 0.25) is 0 Å². The van der Waals surface area contributed by atoms with Gasteiger partial charge in [0.05, 0.1) is 29.8 Å². The van der Waals surface area contributed by atoms with E-state index in [1.54, 1.807) is 0 Å². The highest BCUT2D eigenvalue weighted by Gasteiger charge is 2.51. The SMILES string of the molecule is CCOC(=O)c1ccc(-c2ccc3c(c2)C2(c4ccccc4-3)c3ccccc3-c3ccc(-c4ccc(C(=O)OCC)cc4)cc32)cc1. The van der Waals surface area contributed by atoms with Crippen molar-refractivity contribution < 1.29 is 19.1 Å². The molecule has 6 aromatic rings. The van der Waals surface area contributed by atoms with Gasteiger partial charge in [-0.25, -0.2) is 9.59 Å². The quantitative estimate of drug-likeness (QED) is 0.176. The third-order valence-electron chi connectivity index (χ3n) is 9.55. The van der Waals surface area contributed by atoms with Crippen LogP contribution in [0.5, 0.6) is 0 Å². The third-order valence-corrected chi connectivity index (χ3v) is 9.55. The van der Waals surface area contributed by atoms with E-state index in [0.29, 0.717) is 24.3 Å². The maximum Gasteiger partial charge on any atom is 0.338 e. The summed E-state index contributed by atoms with van der Waals surface area (Å²) in [5, 5.41) is 0. The highest BCUT2D eigenvalue weighted by molar-refractivity contribution is 5.97. The first-order valence-electron chi connectivity index (χ1n) is 16.1. The molecule has 0 radical (unpaired) electrons. The second kappa shape index (κ2) is 11.3. The molecule has 2 aliphatic carbocycles. The normalized spacial score (nSPS) is 13.0. The second-order valence-corrected chi connectivity index (χ2v) is 12.0. The fraction of sp³-hybridized carbons (Fsp3) is 0.116. The molecule has 0 saturated heterocycles. The van der Waals surface area contributed by atoms with Gasteiger partial charge in [0.2, 0.25) is 0 Å². The lowest BCUT2D eigenvalue weighted by molar-refractivity contribution is 0.0517. The summed E-state index contributed by atoms with van der Waals surface area (Å²) in [5.74, 6) is -0.624. The summed E-state index contributed by atoms with van der Waals surface area (Å²) in [6.45, 7) is 4.32. The summed E-state index contributed by atoms with van der Waals surface area (Å²) < 4.78 is 10.4. The van der Waals surface area contributed by atoms with Crippen molar-refractivity contribution in [2.45, 2.75) is 19.3 Å². The van der Waals surface area contributed by atoms with Gasteiger partial charge in [-0.2, -0.15) is 0 Å². The molecule has 0 saturated carbocycles. The molecule has 4 nitrogen and oxygen atoms in total. The van der Waals surface area contributed by atoms with Crippen molar-refractivity contribution in [2.75, 3.05) is 13.2 Å². The van der Waals surface area contributed by atoms with Crippen molar-refractivity contribution in [1.82, 2.24) is 0 Å². The first kappa shape index (κ1) is 28.7. The van der Waals surface area contributed by atoms with Gasteiger partial charge in [-0.3, -0.25) is 0 Å². The Hall–Kier alpha value is -5.74. The Kier molecular flexibility index (Phi) is 6.87. The minimum absolute atomic E-state index is 0.312. The lowest BCUT2D eigenvalue weighted by Gasteiger charge is -2.31. The number of ether oxygens (including phenoxy) is 2. The van der Waals surface area contributed by atoms with Gasteiger partial charge >= 0.3 is 11.9 Å². The van der Waals surface area contributed by atoms with Gasteiger partial charge in [-0.15, -0.1) is 0 Å². The first-order valence-corrected chi connectivity index (χ1v) is 16.1. The van der Waals surface area contributed by atoms with E-state index in [9.17, 15) is 9.59 Å². The maximum atomic E-state index is 12.3. The van der Waals surface area contributed by atoms with Crippen LogP contribution in [0.15, 0.2) is 133 Å². The lowest BCUT2D eigenvalue weighted by Crippen LogP contribution is -2.26. The summed E-state index contributed by atoms with van der Waals surface area (Å²) >= 11 is 0. The molecule has 0 fully saturated rings. The molecule has 8 rings (SSSR count). The van der Waals surface area contributed by atoms with E-state index in [-0.39, 0.29) is 11.9 Å². The highest BCUT2D eigenvalue weighted by Crippen LogP contribution is 2.63. The van der Waals surface area contributed by atoms with Gasteiger partial charge in [0, 0.05) is 0 Å². The summed E-state index contributed by atoms with van der Waals surface area (Å²) in [6, 6.07) is 46.4. The molecule has 0 aliphatic heterocycles. The molecule has 0 N–H and O–H groups in total. The van der Waals surface area contributed by atoms with E-state index in [4.69, 9.17) is 9.47 Å². The monoisotopic (exact) mass is 612 g/mol. The maximum absolute atomic E-state index is 12.3. The number of hydrogen-bond donors (Lipinski definition) is 0. The Bertz CT molecular complexity index is 2030. The van der Waals surface area contributed by atoms with E-state index in [0.717, 1.165) is 22.3 Å². The molecule has 6 aromatic carbocycles. The van der Waals surface area contributed by atoms with Crippen LogP contribution in [-0.4, -0.2) is 25.2 Å². The summed E-state index contributed by atoms with van der Waals surface area (Å²) in [4.78, 5) is 24.7. The van der Waals surface area contributed by atoms with Gasteiger partial charge in [-0.1, -0.05) is 97.1 Å². The predicted molar refractivity (Wildman–Crippen MR) is 186 cm³/mol. The van der Waals surface area contributed by atoms with Crippen LogP contribution in [0.25, 0.3) is 44.5 Å². The van der Waals surface area contributed by atoms with Gasteiger partial charge in [0.1, 0.15) is 0 Å². The van der Waals surface area contributed by atoms with E-state index < -0.39 is 5.41 Å². The smallest absolute Gasteiger partial charge is 0.338 e. The van der Waals surface area contributed by atoms with Gasteiger partial charge in [-0.05, 0) is 117 Å². The van der Waals surface area contributed by atoms with Crippen LogP contribution in [0.3, 0.4) is 0 Å². The van der Waals surface area contributed by atoms with Crippen molar-refractivity contribution in [2.24, 2.45) is 0 Å². The zero-order chi connectivity index (χ0) is 32.1. The summed E-state index contributed by atoms with van der Waals surface area (Å²) in [7, 11) is 0. The number of carbonyl (C=O) groups is 2. The second-order valence-electron chi connectivity index (χ2n) is 12.0.